The maximum Gasteiger partial charge on any atom is 0.242 e. The lowest BCUT2D eigenvalue weighted by Gasteiger charge is -2.30. The molecule has 0 aliphatic carbocycles. The van der Waals surface area contributed by atoms with Crippen LogP contribution < -0.4 is 5.32 Å². The summed E-state index contributed by atoms with van der Waals surface area (Å²) in [5, 5.41) is 4.43. The summed E-state index contributed by atoms with van der Waals surface area (Å²) in [6, 6.07) is 9.37. The van der Waals surface area contributed by atoms with Gasteiger partial charge in [-0.2, -0.15) is 0 Å². The molecule has 0 bridgehead atoms. The molecule has 0 saturated carbocycles. The summed E-state index contributed by atoms with van der Waals surface area (Å²) in [5.74, 6) is -0.492. The Morgan fingerprint density at radius 2 is 1.50 bits per heavy atom. The fourth-order valence-corrected chi connectivity index (χ4v) is 3.79. The third kappa shape index (κ3) is 5.77. The number of hydrogen-bond acceptors (Lipinski definition) is 2. The van der Waals surface area contributed by atoms with Crippen molar-refractivity contribution in [1.29, 1.82) is 0 Å². The van der Waals surface area contributed by atoms with Crippen molar-refractivity contribution in [3.8, 4) is 0 Å². The van der Waals surface area contributed by atoms with Gasteiger partial charge in [0.1, 0.15) is 6.04 Å². The molecule has 0 aliphatic rings. The number of hydrogen-bond donors (Lipinski definition) is 1. The number of benzene rings is 2. The Balaban J connectivity index is 2.35. The Labute approximate surface area is 184 Å². The molecule has 8 heteroatoms. The van der Waals surface area contributed by atoms with Crippen LogP contribution in [0.4, 0.5) is 0 Å². The average Bonchev–Trinajstić information content (AvgIpc) is 2.65. The summed E-state index contributed by atoms with van der Waals surface area (Å²) in [4.78, 5) is 27.0. The Bertz CT molecular complexity index is 873. The van der Waals surface area contributed by atoms with E-state index in [1.165, 1.54) is 4.90 Å². The molecule has 1 N–H and O–H groups in total. The average molecular weight is 462 g/mol. The molecule has 4 nitrogen and oxygen atoms in total. The maximum absolute atomic E-state index is 13.1. The Morgan fingerprint density at radius 3 is 1.96 bits per heavy atom. The molecule has 28 heavy (non-hydrogen) atoms. The van der Waals surface area contributed by atoms with Gasteiger partial charge in [0.15, 0.2) is 0 Å². The van der Waals surface area contributed by atoms with E-state index in [-0.39, 0.29) is 24.8 Å². The summed E-state index contributed by atoms with van der Waals surface area (Å²) in [7, 11) is 1.54. The van der Waals surface area contributed by atoms with Crippen LogP contribution in [-0.4, -0.2) is 29.8 Å². The van der Waals surface area contributed by atoms with E-state index in [1.54, 1.807) is 43.4 Å². The normalized spacial score (nSPS) is 11.8. The summed E-state index contributed by atoms with van der Waals surface area (Å²) in [6.07, 6.45) is 0.486. The molecule has 0 heterocycles. The minimum absolute atomic E-state index is 0.0364. The van der Waals surface area contributed by atoms with Crippen molar-refractivity contribution in [2.24, 2.45) is 0 Å². The number of likely N-dealkylation sites (N-methyl/N-ethyl adjacent to an activating group) is 1. The molecule has 2 amide bonds. The van der Waals surface area contributed by atoms with E-state index in [0.717, 1.165) is 0 Å². The van der Waals surface area contributed by atoms with Gasteiger partial charge in [-0.25, -0.2) is 0 Å². The minimum Gasteiger partial charge on any atom is -0.357 e. The minimum atomic E-state index is -0.643. The van der Waals surface area contributed by atoms with Crippen LogP contribution in [0, 0.1) is 0 Å². The summed E-state index contributed by atoms with van der Waals surface area (Å²) >= 11 is 24.4. The highest BCUT2D eigenvalue weighted by atomic mass is 35.5. The van der Waals surface area contributed by atoms with Gasteiger partial charge in [-0.05, 0) is 41.8 Å². The third-order valence-corrected chi connectivity index (χ3v) is 5.52. The zero-order valence-electron chi connectivity index (χ0n) is 15.4. The van der Waals surface area contributed by atoms with Crippen molar-refractivity contribution < 1.29 is 9.59 Å². The first-order chi connectivity index (χ1) is 13.3. The van der Waals surface area contributed by atoms with Crippen LogP contribution in [0.2, 0.25) is 20.1 Å². The van der Waals surface area contributed by atoms with Gasteiger partial charge in [-0.15, -0.1) is 0 Å². The topological polar surface area (TPSA) is 49.4 Å². The Hall–Kier alpha value is -1.46. The third-order valence-electron chi connectivity index (χ3n) is 4.34. The molecule has 0 saturated heterocycles. The van der Waals surface area contributed by atoms with Crippen LogP contribution >= 0.6 is 46.4 Å². The first-order valence-electron chi connectivity index (χ1n) is 8.65. The Kier molecular flexibility index (Phi) is 8.44. The van der Waals surface area contributed by atoms with Gasteiger partial charge >= 0.3 is 0 Å². The highest BCUT2D eigenvalue weighted by Crippen LogP contribution is 2.26. The van der Waals surface area contributed by atoms with Crippen LogP contribution in [0.15, 0.2) is 36.4 Å². The molecular formula is C20H20Cl4N2O2. The van der Waals surface area contributed by atoms with Crippen molar-refractivity contribution in [2.45, 2.75) is 32.4 Å². The lowest BCUT2D eigenvalue weighted by atomic mass is 10.1. The molecule has 150 valence electrons. The van der Waals surface area contributed by atoms with Gasteiger partial charge in [-0.3, -0.25) is 9.59 Å². The molecule has 2 aromatic rings. The molecule has 0 aliphatic heterocycles. The maximum atomic E-state index is 13.1. The molecule has 0 aromatic heterocycles. The first kappa shape index (κ1) is 22.8. The lowest BCUT2D eigenvalue weighted by molar-refractivity contribution is -0.140. The van der Waals surface area contributed by atoms with Crippen molar-refractivity contribution in [1.82, 2.24) is 10.2 Å². The van der Waals surface area contributed by atoms with Crippen LogP contribution in [0.25, 0.3) is 0 Å². The number of amides is 2. The summed E-state index contributed by atoms with van der Waals surface area (Å²) in [5.41, 5.74) is 1.33. The summed E-state index contributed by atoms with van der Waals surface area (Å²) in [6.45, 7) is 2.02. The number of carbonyl (C=O) groups is 2. The van der Waals surface area contributed by atoms with Gasteiger partial charge in [0.2, 0.25) is 11.8 Å². The number of carbonyl (C=O) groups excluding carboxylic acids is 2. The highest BCUT2D eigenvalue weighted by Gasteiger charge is 2.28. The second-order valence-corrected chi connectivity index (χ2v) is 7.90. The van der Waals surface area contributed by atoms with Gasteiger partial charge in [0.05, 0.1) is 6.42 Å². The van der Waals surface area contributed by atoms with E-state index >= 15 is 0 Å². The van der Waals surface area contributed by atoms with Gasteiger partial charge in [-0.1, -0.05) is 65.5 Å². The second-order valence-electron chi connectivity index (χ2n) is 6.21. The molecule has 0 unspecified atom stereocenters. The van der Waals surface area contributed by atoms with E-state index in [0.29, 0.717) is 37.6 Å². The smallest absolute Gasteiger partial charge is 0.242 e. The summed E-state index contributed by atoms with van der Waals surface area (Å²) < 4.78 is 0. The zero-order chi connectivity index (χ0) is 20.8. The molecule has 0 fully saturated rings. The van der Waals surface area contributed by atoms with Gasteiger partial charge < -0.3 is 10.2 Å². The molecule has 0 spiro atoms. The fourth-order valence-electron chi connectivity index (χ4n) is 2.85. The van der Waals surface area contributed by atoms with E-state index in [1.807, 2.05) is 6.92 Å². The van der Waals surface area contributed by atoms with Crippen LogP contribution in [0.3, 0.4) is 0 Å². The quantitative estimate of drug-likeness (QED) is 0.600. The lowest BCUT2D eigenvalue weighted by Crippen LogP contribution is -2.48. The standard InChI is InChI=1S/C20H20Cl4N2O2/c1-3-18(20(28)25-2)26(11-13-5-7-15(22)10-17(13)24)19(27)8-12-4-6-14(21)9-16(12)23/h4-7,9-10,18H,3,8,11H2,1-2H3,(H,25,28)/t18-/m0/s1. The number of rotatable bonds is 7. The molecule has 2 rings (SSSR count). The van der Waals surface area contributed by atoms with Crippen LogP contribution in [0.5, 0.6) is 0 Å². The number of nitrogens with zero attached hydrogens (tertiary/aromatic N) is 1. The second kappa shape index (κ2) is 10.4. The van der Waals surface area contributed by atoms with Gasteiger partial charge in [0.25, 0.3) is 0 Å². The molecule has 0 radical (unpaired) electrons. The number of nitrogens with one attached hydrogen (secondary N) is 1. The first-order valence-corrected chi connectivity index (χ1v) is 10.2. The van der Waals surface area contributed by atoms with Crippen molar-refractivity contribution in [2.75, 3.05) is 7.05 Å². The van der Waals surface area contributed by atoms with E-state index in [4.69, 9.17) is 46.4 Å². The number of halogens is 4. The fraction of sp³-hybridized carbons (Fsp3) is 0.300. The van der Waals surface area contributed by atoms with Crippen molar-refractivity contribution in [3.05, 3.63) is 67.6 Å². The van der Waals surface area contributed by atoms with Crippen LogP contribution in [0.1, 0.15) is 24.5 Å². The van der Waals surface area contributed by atoms with E-state index in [2.05, 4.69) is 5.32 Å². The zero-order valence-corrected chi connectivity index (χ0v) is 18.5. The Morgan fingerprint density at radius 1 is 0.964 bits per heavy atom. The van der Waals surface area contributed by atoms with Crippen molar-refractivity contribution in [3.63, 3.8) is 0 Å². The van der Waals surface area contributed by atoms with Gasteiger partial charge in [0, 0.05) is 33.7 Å². The monoisotopic (exact) mass is 460 g/mol. The predicted octanol–water partition coefficient (Wildman–Crippen LogP) is 5.40. The SMILES string of the molecule is CC[C@@H](C(=O)NC)N(Cc1ccc(Cl)cc1Cl)C(=O)Cc1ccc(Cl)cc1Cl. The van der Waals surface area contributed by atoms with E-state index < -0.39 is 6.04 Å². The van der Waals surface area contributed by atoms with Crippen molar-refractivity contribution >= 4 is 58.2 Å². The largest absolute Gasteiger partial charge is 0.357 e. The van der Waals surface area contributed by atoms with E-state index in [9.17, 15) is 9.59 Å². The molecule has 1 atom stereocenters. The predicted molar refractivity (Wildman–Crippen MR) is 115 cm³/mol. The highest BCUT2D eigenvalue weighted by molar-refractivity contribution is 6.35. The molecule has 2 aromatic carbocycles. The molecular weight excluding hydrogens is 442 g/mol. The van der Waals surface area contributed by atoms with Crippen LogP contribution in [-0.2, 0) is 22.6 Å².